The van der Waals surface area contributed by atoms with E-state index in [1.165, 1.54) is 56.9 Å². The fourth-order valence-corrected chi connectivity index (χ4v) is 2.50. The molecule has 0 aromatic carbocycles. The van der Waals surface area contributed by atoms with Gasteiger partial charge in [-0.3, -0.25) is 0 Å². The maximum atomic E-state index is 3.52. The Kier molecular flexibility index (Phi) is 18.0. The summed E-state index contributed by atoms with van der Waals surface area (Å²) in [7, 11) is 0. The molecule has 0 amide bonds. The van der Waals surface area contributed by atoms with Gasteiger partial charge in [0.15, 0.2) is 0 Å². The van der Waals surface area contributed by atoms with E-state index < -0.39 is 0 Å². The molecule has 1 atom stereocenters. The minimum absolute atomic E-state index is 0.341. The van der Waals surface area contributed by atoms with E-state index in [1.54, 1.807) is 0 Å². The van der Waals surface area contributed by atoms with Crippen molar-refractivity contribution < 1.29 is 0 Å². The highest BCUT2D eigenvalue weighted by atomic mass is 14.1. The predicted octanol–water partition coefficient (Wildman–Crippen LogP) is 8.54. The Morgan fingerprint density at radius 1 is 0.720 bits per heavy atom. The van der Waals surface area contributed by atoms with Gasteiger partial charge in [0.05, 0.1) is 0 Å². The first-order chi connectivity index (χ1) is 12.3. The fourth-order valence-electron chi connectivity index (χ4n) is 2.50. The SMILES string of the molecule is CCC=C/[C]=C(\C=CCCC)C(C=CCCCC)C=CCCCCC. The molecule has 0 heterocycles. The summed E-state index contributed by atoms with van der Waals surface area (Å²) in [4.78, 5) is 0. The van der Waals surface area contributed by atoms with Gasteiger partial charge < -0.3 is 0 Å². The van der Waals surface area contributed by atoms with Crippen molar-refractivity contribution in [1.82, 2.24) is 0 Å². The van der Waals surface area contributed by atoms with Crippen LogP contribution in [0.5, 0.6) is 0 Å². The average molecular weight is 342 g/mol. The van der Waals surface area contributed by atoms with E-state index in [-0.39, 0.29) is 0 Å². The average Bonchev–Trinajstić information content (AvgIpc) is 2.62. The molecule has 0 nitrogen and oxygen atoms in total. The zero-order valence-electron chi connectivity index (χ0n) is 17.3. The molecule has 0 heteroatoms. The zero-order valence-corrected chi connectivity index (χ0v) is 17.3. The molecular formula is C25H41. The van der Waals surface area contributed by atoms with E-state index in [9.17, 15) is 0 Å². The summed E-state index contributed by atoms with van der Waals surface area (Å²) >= 11 is 0. The Bertz CT molecular complexity index is 417. The van der Waals surface area contributed by atoms with Crippen molar-refractivity contribution in [2.24, 2.45) is 5.92 Å². The largest absolute Gasteiger partial charge is 0.0876 e. The molecule has 0 aliphatic carbocycles. The molecule has 0 fully saturated rings. The highest BCUT2D eigenvalue weighted by Gasteiger charge is 2.04. The van der Waals surface area contributed by atoms with Crippen molar-refractivity contribution in [2.45, 2.75) is 91.9 Å². The first kappa shape index (κ1) is 23.7. The van der Waals surface area contributed by atoms with E-state index in [0.29, 0.717) is 5.92 Å². The lowest BCUT2D eigenvalue weighted by molar-refractivity contribution is 0.727. The normalized spacial score (nSPS) is 14.6. The molecule has 0 spiro atoms. The summed E-state index contributed by atoms with van der Waals surface area (Å²) in [5.74, 6) is 0.341. The Labute approximate surface area is 158 Å². The van der Waals surface area contributed by atoms with Crippen LogP contribution in [0.2, 0.25) is 0 Å². The second-order valence-electron chi connectivity index (χ2n) is 6.62. The minimum Gasteiger partial charge on any atom is -0.0876 e. The van der Waals surface area contributed by atoms with Gasteiger partial charge in [0.25, 0.3) is 0 Å². The highest BCUT2D eigenvalue weighted by Crippen LogP contribution is 2.19. The predicted molar refractivity (Wildman–Crippen MR) is 116 cm³/mol. The van der Waals surface area contributed by atoms with E-state index in [0.717, 1.165) is 12.8 Å². The molecule has 0 rings (SSSR count). The van der Waals surface area contributed by atoms with Crippen LogP contribution in [0.1, 0.15) is 91.9 Å². The summed E-state index contributed by atoms with van der Waals surface area (Å²) in [5.41, 5.74) is 1.28. The summed E-state index contributed by atoms with van der Waals surface area (Å²) in [6, 6.07) is 0. The zero-order chi connectivity index (χ0) is 18.6. The van der Waals surface area contributed by atoms with E-state index in [4.69, 9.17) is 0 Å². The van der Waals surface area contributed by atoms with E-state index in [2.05, 4.69) is 82.4 Å². The maximum Gasteiger partial charge on any atom is 0.0204 e. The monoisotopic (exact) mass is 341 g/mol. The van der Waals surface area contributed by atoms with Crippen LogP contribution in [-0.2, 0) is 0 Å². The summed E-state index contributed by atoms with van der Waals surface area (Å²) in [6.07, 6.45) is 34.0. The smallest absolute Gasteiger partial charge is 0.0204 e. The van der Waals surface area contributed by atoms with Crippen LogP contribution >= 0.6 is 0 Å². The minimum atomic E-state index is 0.341. The third kappa shape index (κ3) is 14.7. The van der Waals surface area contributed by atoms with Crippen LogP contribution in [0.3, 0.4) is 0 Å². The lowest BCUT2D eigenvalue weighted by Gasteiger charge is -2.10. The van der Waals surface area contributed by atoms with Crippen molar-refractivity contribution >= 4 is 0 Å². The molecule has 25 heavy (non-hydrogen) atoms. The second kappa shape index (κ2) is 19.0. The van der Waals surface area contributed by atoms with Crippen molar-refractivity contribution in [3.63, 3.8) is 0 Å². The first-order valence-corrected chi connectivity index (χ1v) is 10.6. The number of hydrogen-bond donors (Lipinski definition) is 0. The number of hydrogen-bond acceptors (Lipinski definition) is 0. The van der Waals surface area contributed by atoms with Crippen molar-refractivity contribution in [1.29, 1.82) is 0 Å². The molecule has 0 saturated carbocycles. The quantitative estimate of drug-likeness (QED) is 0.159. The Morgan fingerprint density at radius 2 is 1.40 bits per heavy atom. The molecule has 141 valence electrons. The molecule has 1 radical (unpaired) electrons. The summed E-state index contributed by atoms with van der Waals surface area (Å²) in [5, 5.41) is 0. The Hall–Kier alpha value is -1.30. The number of rotatable bonds is 15. The first-order valence-electron chi connectivity index (χ1n) is 10.6. The fraction of sp³-hybridized carbons (Fsp3) is 0.600. The van der Waals surface area contributed by atoms with Crippen LogP contribution in [0.15, 0.2) is 54.2 Å². The third-order valence-corrected chi connectivity index (χ3v) is 4.10. The molecule has 0 aromatic heterocycles. The van der Waals surface area contributed by atoms with Crippen LogP contribution in [0, 0.1) is 12.0 Å². The lowest BCUT2D eigenvalue weighted by atomic mass is 9.95. The van der Waals surface area contributed by atoms with E-state index >= 15 is 0 Å². The number of allylic oxidation sites excluding steroid dienone is 10. The molecule has 0 bridgehead atoms. The van der Waals surface area contributed by atoms with Gasteiger partial charge in [0.2, 0.25) is 0 Å². The molecule has 0 saturated heterocycles. The summed E-state index contributed by atoms with van der Waals surface area (Å²) in [6.45, 7) is 8.91. The van der Waals surface area contributed by atoms with Crippen molar-refractivity contribution in [2.75, 3.05) is 0 Å². The number of unbranched alkanes of at least 4 members (excludes halogenated alkanes) is 6. The van der Waals surface area contributed by atoms with E-state index in [1.807, 2.05) is 0 Å². The van der Waals surface area contributed by atoms with Gasteiger partial charge in [0.1, 0.15) is 0 Å². The van der Waals surface area contributed by atoms with Gasteiger partial charge >= 0.3 is 0 Å². The topological polar surface area (TPSA) is 0 Å². The van der Waals surface area contributed by atoms with Gasteiger partial charge in [-0.2, -0.15) is 0 Å². The van der Waals surface area contributed by atoms with Crippen LogP contribution in [-0.4, -0.2) is 0 Å². The Morgan fingerprint density at radius 3 is 2.00 bits per heavy atom. The molecule has 0 N–H and O–H groups in total. The van der Waals surface area contributed by atoms with Gasteiger partial charge in [-0.1, -0.05) is 108 Å². The van der Waals surface area contributed by atoms with Crippen LogP contribution < -0.4 is 0 Å². The second-order valence-corrected chi connectivity index (χ2v) is 6.62. The highest BCUT2D eigenvalue weighted by molar-refractivity contribution is 5.30. The Balaban J connectivity index is 5.15. The van der Waals surface area contributed by atoms with Crippen LogP contribution in [0.4, 0.5) is 0 Å². The maximum absolute atomic E-state index is 3.52. The molecule has 0 aliphatic rings. The van der Waals surface area contributed by atoms with Crippen LogP contribution in [0.25, 0.3) is 0 Å². The molecule has 1 unspecified atom stereocenters. The third-order valence-electron chi connectivity index (χ3n) is 4.10. The van der Waals surface area contributed by atoms with Gasteiger partial charge in [-0.25, -0.2) is 0 Å². The van der Waals surface area contributed by atoms with Gasteiger partial charge in [-0.15, -0.1) is 0 Å². The molecular weight excluding hydrogens is 300 g/mol. The van der Waals surface area contributed by atoms with Crippen molar-refractivity contribution in [3.05, 3.63) is 60.3 Å². The molecule has 0 aromatic rings. The molecule has 0 aliphatic heterocycles. The lowest BCUT2D eigenvalue weighted by Crippen LogP contribution is -1.96. The standard InChI is InChI=1S/C25H41/c1-5-9-13-15-19-23-25(22-18-14-10-6-2)24(20-16-11-7-3)21-17-12-8-4/h11,16-19,21-23,25H,5-10,12-15H2,1-4H3. The summed E-state index contributed by atoms with van der Waals surface area (Å²) < 4.78 is 0. The van der Waals surface area contributed by atoms with Crippen molar-refractivity contribution in [3.8, 4) is 0 Å². The van der Waals surface area contributed by atoms with Gasteiger partial charge in [-0.05, 0) is 43.8 Å². The van der Waals surface area contributed by atoms with Gasteiger partial charge in [0, 0.05) is 5.92 Å².